The van der Waals surface area contributed by atoms with Crippen LogP contribution < -0.4 is 9.80 Å². The van der Waals surface area contributed by atoms with Crippen LogP contribution in [0.4, 0.5) is 11.6 Å². The van der Waals surface area contributed by atoms with Crippen LogP contribution in [-0.4, -0.2) is 46.3 Å². The molecule has 3 aliphatic rings. The van der Waals surface area contributed by atoms with Gasteiger partial charge in [0.15, 0.2) is 5.82 Å². The molecule has 0 saturated carbocycles. The van der Waals surface area contributed by atoms with E-state index in [0.29, 0.717) is 11.8 Å². The van der Waals surface area contributed by atoms with E-state index in [9.17, 15) is 0 Å². The zero-order valence-corrected chi connectivity index (χ0v) is 14.0. The van der Waals surface area contributed by atoms with Gasteiger partial charge in [0.05, 0.1) is 5.69 Å². The summed E-state index contributed by atoms with van der Waals surface area (Å²) in [6.07, 6.45) is 7.05. The lowest BCUT2D eigenvalue weighted by Gasteiger charge is -2.23. The molecule has 2 unspecified atom stereocenters. The molecule has 0 radical (unpaired) electrons. The Labute approximate surface area is 141 Å². The molecule has 4 heterocycles. The molecule has 0 amide bonds. The number of anilines is 2. The van der Waals surface area contributed by atoms with E-state index in [2.05, 4.69) is 43.0 Å². The van der Waals surface area contributed by atoms with E-state index in [1.54, 1.807) is 6.33 Å². The Morgan fingerprint density at radius 2 is 1.79 bits per heavy atom. The summed E-state index contributed by atoms with van der Waals surface area (Å²) in [7, 11) is 0. The lowest BCUT2D eigenvalue weighted by molar-refractivity contribution is 0.533. The van der Waals surface area contributed by atoms with Crippen LogP contribution in [0.25, 0.3) is 0 Å². The summed E-state index contributed by atoms with van der Waals surface area (Å²) in [4.78, 5) is 13.5. The minimum absolute atomic E-state index is 0.689. The molecular weight excluding hydrogens is 300 g/mol. The third kappa shape index (κ3) is 2.24. The van der Waals surface area contributed by atoms with Gasteiger partial charge >= 0.3 is 0 Å². The number of nitrogens with zero attached hydrogens (tertiary/aromatic N) is 6. The van der Waals surface area contributed by atoms with E-state index in [0.717, 1.165) is 44.2 Å². The Kier molecular flexibility index (Phi) is 3.18. The van der Waals surface area contributed by atoms with Gasteiger partial charge < -0.3 is 9.80 Å². The summed E-state index contributed by atoms with van der Waals surface area (Å²) < 4.78 is 0. The van der Waals surface area contributed by atoms with Crippen LogP contribution >= 0.6 is 0 Å². The summed E-state index contributed by atoms with van der Waals surface area (Å²) in [5, 5.41) is 8.95. The fraction of sp³-hybridized carbons (Fsp3) is 0.556. The molecule has 0 spiro atoms. The second-order valence-electron chi connectivity index (χ2n) is 7.39. The fourth-order valence-electron chi connectivity index (χ4n) is 4.55. The van der Waals surface area contributed by atoms with Crippen LogP contribution in [0.2, 0.25) is 0 Å². The van der Waals surface area contributed by atoms with Gasteiger partial charge in [0.25, 0.3) is 0 Å². The molecule has 0 bridgehead atoms. The molecule has 2 aliphatic heterocycles. The quantitative estimate of drug-likeness (QED) is 0.838. The van der Waals surface area contributed by atoms with Gasteiger partial charge in [-0.25, -0.2) is 9.97 Å². The third-order valence-corrected chi connectivity index (χ3v) is 5.78. The molecule has 24 heavy (non-hydrogen) atoms. The normalized spacial score (nSPS) is 25.2. The molecule has 6 nitrogen and oxygen atoms in total. The highest BCUT2D eigenvalue weighted by Gasteiger charge is 2.41. The summed E-state index contributed by atoms with van der Waals surface area (Å²) >= 11 is 0. The maximum Gasteiger partial charge on any atom is 0.151 e. The van der Waals surface area contributed by atoms with Gasteiger partial charge in [-0.15, -0.1) is 5.10 Å². The number of hydrogen-bond acceptors (Lipinski definition) is 6. The van der Waals surface area contributed by atoms with Crippen molar-refractivity contribution >= 4 is 11.6 Å². The van der Waals surface area contributed by atoms with Crippen LogP contribution in [0.15, 0.2) is 18.6 Å². The number of aromatic nitrogens is 4. The minimum atomic E-state index is 0.689. The Balaban J connectivity index is 1.31. The van der Waals surface area contributed by atoms with Crippen LogP contribution in [0, 0.1) is 18.8 Å². The van der Waals surface area contributed by atoms with Gasteiger partial charge in [-0.1, -0.05) is 0 Å². The molecule has 1 aliphatic carbocycles. The predicted molar refractivity (Wildman–Crippen MR) is 92.2 cm³/mol. The standard InChI is InChI=1S/C18H22N6/c1-12-6-19-11-20-18(12)24-9-14-7-23(8-15(14)10-24)17-5-13-3-2-4-16(13)21-22-17/h5-6,11,14-15H,2-4,7-10H2,1H3. The van der Waals surface area contributed by atoms with Crippen LogP contribution in [0.3, 0.4) is 0 Å². The molecule has 2 aromatic heterocycles. The smallest absolute Gasteiger partial charge is 0.151 e. The monoisotopic (exact) mass is 322 g/mol. The lowest BCUT2D eigenvalue weighted by atomic mass is 10.0. The van der Waals surface area contributed by atoms with Crippen LogP contribution in [0.1, 0.15) is 23.2 Å². The van der Waals surface area contributed by atoms with Crippen molar-refractivity contribution in [3.63, 3.8) is 0 Å². The first-order valence-corrected chi connectivity index (χ1v) is 8.90. The Morgan fingerprint density at radius 3 is 2.58 bits per heavy atom. The highest BCUT2D eigenvalue weighted by Crippen LogP contribution is 2.36. The summed E-state index contributed by atoms with van der Waals surface area (Å²) in [6.45, 7) is 6.42. The summed E-state index contributed by atoms with van der Waals surface area (Å²) in [5.41, 5.74) is 3.79. The van der Waals surface area contributed by atoms with Gasteiger partial charge in [0, 0.05) is 49.8 Å². The van der Waals surface area contributed by atoms with Crippen molar-refractivity contribution in [3.05, 3.63) is 35.4 Å². The number of aryl methyl sites for hydroxylation is 3. The fourth-order valence-corrected chi connectivity index (χ4v) is 4.55. The first kappa shape index (κ1) is 14.1. The van der Waals surface area contributed by atoms with Crippen molar-refractivity contribution in [2.45, 2.75) is 26.2 Å². The van der Waals surface area contributed by atoms with Gasteiger partial charge in [-0.3, -0.25) is 0 Å². The summed E-state index contributed by atoms with van der Waals surface area (Å²) in [6, 6.07) is 2.28. The van der Waals surface area contributed by atoms with E-state index >= 15 is 0 Å². The van der Waals surface area contributed by atoms with Crippen LogP contribution in [-0.2, 0) is 12.8 Å². The molecular formula is C18H22N6. The van der Waals surface area contributed by atoms with E-state index in [1.807, 2.05) is 6.20 Å². The number of fused-ring (bicyclic) bond motifs is 2. The van der Waals surface area contributed by atoms with Crippen molar-refractivity contribution in [2.24, 2.45) is 11.8 Å². The van der Waals surface area contributed by atoms with Gasteiger partial charge in [0.2, 0.25) is 0 Å². The maximum absolute atomic E-state index is 4.49. The van der Waals surface area contributed by atoms with E-state index in [1.165, 1.54) is 29.7 Å². The average Bonchev–Trinajstić information content (AvgIpc) is 3.28. The Morgan fingerprint density at radius 1 is 1.00 bits per heavy atom. The Bertz CT molecular complexity index is 762. The van der Waals surface area contributed by atoms with Crippen molar-refractivity contribution < 1.29 is 0 Å². The zero-order chi connectivity index (χ0) is 16.1. The lowest BCUT2D eigenvalue weighted by Crippen LogP contribution is -2.30. The van der Waals surface area contributed by atoms with Crippen molar-refractivity contribution in [2.75, 3.05) is 36.0 Å². The topological polar surface area (TPSA) is 58.0 Å². The average molecular weight is 322 g/mol. The van der Waals surface area contributed by atoms with E-state index in [4.69, 9.17) is 0 Å². The molecule has 5 rings (SSSR count). The zero-order valence-electron chi connectivity index (χ0n) is 14.0. The van der Waals surface area contributed by atoms with Crippen molar-refractivity contribution in [1.82, 2.24) is 20.2 Å². The summed E-state index contributed by atoms with van der Waals surface area (Å²) in [5.74, 6) is 3.56. The molecule has 0 aromatic carbocycles. The first-order chi connectivity index (χ1) is 11.8. The van der Waals surface area contributed by atoms with Crippen molar-refractivity contribution in [3.8, 4) is 0 Å². The molecule has 2 atom stereocenters. The van der Waals surface area contributed by atoms with Gasteiger partial charge in [-0.2, -0.15) is 5.10 Å². The molecule has 124 valence electrons. The molecule has 6 heteroatoms. The minimum Gasteiger partial charge on any atom is -0.356 e. The van der Waals surface area contributed by atoms with E-state index < -0.39 is 0 Å². The highest BCUT2D eigenvalue weighted by atomic mass is 15.3. The Hall–Kier alpha value is -2.24. The first-order valence-electron chi connectivity index (χ1n) is 8.90. The maximum atomic E-state index is 4.49. The largest absolute Gasteiger partial charge is 0.356 e. The second kappa shape index (κ2) is 5.40. The third-order valence-electron chi connectivity index (χ3n) is 5.78. The number of hydrogen-bond donors (Lipinski definition) is 0. The van der Waals surface area contributed by atoms with Crippen molar-refractivity contribution in [1.29, 1.82) is 0 Å². The number of rotatable bonds is 2. The van der Waals surface area contributed by atoms with E-state index in [-0.39, 0.29) is 0 Å². The SMILES string of the molecule is Cc1cncnc1N1CC2CN(c3cc4c(nn3)CCC4)CC2C1. The molecule has 2 saturated heterocycles. The van der Waals surface area contributed by atoms with Gasteiger partial charge in [0.1, 0.15) is 12.1 Å². The van der Waals surface area contributed by atoms with Crippen LogP contribution in [0.5, 0.6) is 0 Å². The molecule has 0 N–H and O–H groups in total. The van der Waals surface area contributed by atoms with Gasteiger partial charge in [-0.05, 0) is 37.8 Å². The molecule has 2 aromatic rings. The second-order valence-corrected chi connectivity index (χ2v) is 7.39. The molecule has 2 fully saturated rings. The predicted octanol–water partition coefficient (Wildman–Crippen LogP) is 1.64. The highest BCUT2D eigenvalue weighted by molar-refractivity contribution is 5.49.